The first-order valence-electron chi connectivity index (χ1n) is 10.9. The zero-order valence-corrected chi connectivity index (χ0v) is 17.8. The van der Waals surface area contributed by atoms with E-state index in [9.17, 15) is 9.90 Å². The first-order valence-corrected chi connectivity index (χ1v) is 10.9. The minimum Gasteiger partial charge on any atom is -0.489 e. The van der Waals surface area contributed by atoms with E-state index in [4.69, 9.17) is 4.74 Å². The van der Waals surface area contributed by atoms with E-state index in [0.717, 1.165) is 25.0 Å². The molecular weight excluding hydrogens is 360 g/mol. The minimum absolute atomic E-state index is 0.142. The SMILES string of the molecule is CC1(C)CCC(C)(C)c2cc3c(cc21)OC1CCCC31c1ccc(C(=O)O)cc1. The molecule has 5 rings (SSSR count). The Hall–Kier alpha value is -2.29. The molecule has 0 amide bonds. The molecule has 1 heterocycles. The van der Waals surface area contributed by atoms with Crippen LogP contribution in [0.3, 0.4) is 0 Å². The minimum atomic E-state index is -0.877. The highest BCUT2D eigenvalue weighted by molar-refractivity contribution is 5.87. The van der Waals surface area contributed by atoms with Gasteiger partial charge in [-0.3, -0.25) is 0 Å². The molecule has 3 heteroatoms. The van der Waals surface area contributed by atoms with Gasteiger partial charge in [0.2, 0.25) is 0 Å². The lowest BCUT2D eigenvalue weighted by Crippen LogP contribution is -2.36. The van der Waals surface area contributed by atoms with Crippen LogP contribution in [-0.2, 0) is 16.2 Å². The molecule has 2 aliphatic carbocycles. The van der Waals surface area contributed by atoms with Gasteiger partial charge in [-0.25, -0.2) is 4.79 Å². The first-order chi connectivity index (χ1) is 13.6. The first kappa shape index (κ1) is 18.7. The fraction of sp³-hybridized carbons (Fsp3) is 0.500. The fourth-order valence-electron chi connectivity index (χ4n) is 6.03. The average Bonchev–Trinajstić information content (AvgIpc) is 3.22. The number of hydrogen-bond acceptors (Lipinski definition) is 2. The third-order valence-electron chi connectivity index (χ3n) is 7.94. The third kappa shape index (κ3) is 2.52. The van der Waals surface area contributed by atoms with Crippen molar-refractivity contribution in [3.05, 3.63) is 64.2 Å². The molecule has 2 unspecified atom stereocenters. The summed E-state index contributed by atoms with van der Waals surface area (Å²) < 4.78 is 6.58. The van der Waals surface area contributed by atoms with Crippen molar-refractivity contribution in [3.8, 4) is 5.75 Å². The van der Waals surface area contributed by atoms with E-state index in [1.165, 1.54) is 35.1 Å². The Morgan fingerprint density at radius 2 is 1.55 bits per heavy atom. The largest absolute Gasteiger partial charge is 0.489 e. The molecule has 0 spiro atoms. The second kappa shape index (κ2) is 5.87. The van der Waals surface area contributed by atoms with Gasteiger partial charge in [-0.15, -0.1) is 0 Å². The number of carboxylic acids is 1. The van der Waals surface area contributed by atoms with Crippen LogP contribution in [0, 0.1) is 0 Å². The Bertz CT molecular complexity index is 999. The molecular formula is C26H30O3. The predicted octanol–water partition coefficient (Wildman–Crippen LogP) is 5.96. The number of hydrogen-bond donors (Lipinski definition) is 1. The summed E-state index contributed by atoms with van der Waals surface area (Å²) in [6, 6.07) is 12.3. The number of fused-ring (bicyclic) bond motifs is 4. The Labute approximate surface area is 173 Å². The second-order valence-electron chi connectivity index (χ2n) is 10.5. The van der Waals surface area contributed by atoms with Crippen LogP contribution < -0.4 is 4.74 Å². The van der Waals surface area contributed by atoms with Gasteiger partial charge >= 0.3 is 5.97 Å². The number of rotatable bonds is 2. The maximum absolute atomic E-state index is 11.3. The molecule has 2 aromatic carbocycles. The summed E-state index contributed by atoms with van der Waals surface area (Å²) in [5, 5.41) is 9.30. The van der Waals surface area contributed by atoms with Gasteiger partial charge in [0.1, 0.15) is 11.9 Å². The van der Waals surface area contributed by atoms with Crippen molar-refractivity contribution in [2.24, 2.45) is 0 Å². The number of carboxylic acid groups (broad SMARTS) is 1. The summed E-state index contributed by atoms with van der Waals surface area (Å²) in [5.74, 6) is 0.166. The topological polar surface area (TPSA) is 46.5 Å². The molecule has 3 aliphatic rings. The van der Waals surface area contributed by atoms with Crippen LogP contribution in [0.4, 0.5) is 0 Å². The molecule has 2 atom stereocenters. The number of ether oxygens (including phenoxy) is 1. The van der Waals surface area contributed by atoms with Crippen LogP contribution in [-0.4, -0.2) is 17.2 Å². The smallest absolute Gasteiger partial charge is 0.335 e. The number of benzene rings is 2. The molecule has 1 fully saturated rings. The van der Waals surface area contributed by atoms with Gasteiger partial charge in [-0.05, 0) is 77.8 Å². The molecule has 0 aromatic heterocycles. The average molecular weight is 391 g/mol. The van der Waals surface area contributed by atoms with Gasteiger partial charge in [0.25, 0.3) is 0 Å². The Morgan fingerprint density at radius 3 is 2.17 bits per heavy atom. The highest BCUT2D eigenvalue weighted by Gasteiger charge is 2.54. The summed E-state index contributed by atoms with van der Waals surface area (Å²) in [5.41, 5.74) is 5.91. The predicted molar refractivity (Wildman–Crippen MR) is 114 cm³/mol. The van der Waals surface area contributed by atoms with E-state index in [2.05, 4.69) is 39.8 Å². The maximum atomic E-state index is 11.3. The monoisotopic (exact) mass is 390 g/mol. The quantitative estimate of drug-likeness (QED) is 0.688. The molecule has 3 nitrogen and oxygen atoms in total. The molecule has 1 N–H and O–H groups in total. The number of carbonyl (C=O) groups is 1. The van der Waals surface area contributed by atoms with Gasteiger partial charge in [-0.1, -0.05) is 45.9 Å². The number of aromatic carboxylic acids is 1. The van der Waals surface area contributed by atoms with Crippen molar-refractivity contribution in [3.63, 3.8) is 0 Å². The lowest BCUT2D eigenvalue weighted by atomic mass is 9.61. The molecule has 0 bridgehead atoms. The molecule has 1 saturated carbocycles. The van der Waals surface area contributed by atoms with Crippen LogP contribution in [0.2, 0.25) is 0 Å². The van der Waals surface area contributed by atoms with Crippen molar-refractivity contribution in [1.29, 1.82) is 0 Å². The van der Waals surface area contributed by atoms with Crippen LogP contribution in [0.1, 0.15) is 92.4 Å². The summed E-state index contributed by atoms with van der Waals surface area (Å²) in [6.45, 7) is 9.43. The normalized spacial score (nSPS) is 28.2. The van der Waals surface area contributed by atoms with Crippen molar-refractivity contribution in [1.82, 2.24) is 0 Å². The highest BCUT2D eigenvalue weighted by Crippen LogP contribution is 2.58. The maximum Gasteiger partial charge on any atom is 0.335 e. The molecule has 152 valence electrons. The van der Waals surface area contributed by atoms with Crippen LogP contribution in [0.5, 0.6) is 5.75 Å². The van der Waals surface area contributed by atoms with Crippen LogP contribution in [0.25, 0.3) is 0 Å². The van der Waals surface area contributed by atoms with Gasteiger partial charge < -0.3 is 9.84 Å². The van der Waals surface area contributed by atoms with E-state index in [0.29, 0.717) is 5.56 Å². The van der Waals surface area contributed by atoms with E-state index >= 15 is 0 Å². The fourth-order valence-corrected chi connectivity index (χ4v) is 6.03. The summed E-state index contributed by atoms with van der Waals surface area (Å²) in [4.78, 5) is 11.3. The Balaban J connectivity index is 1.71. The van der Waals surface area contributed by atoms with E-state index in [1.807, 2.05) is 12.1 Å². The van der Waals surface area contributed by atoms with Gasteiger partial charge in [-0.2, -0.15) is 0 Å². The van der Waals surface area contributed by atoms with E-state index < -0.39 is 5.97 Å². The van der Waals surface area contributed by atoms with Crippen molar-refractivity contribution < 1.29 is 14.6 Å². The van der Waals surface area contributed by atoms with Crippen LogP contribution in [0.15, 0.2) is 36.4 Å². The lowest BCUT2D eigenvalue weighted by Gasteiger charge is -2.42. The zero-order chi connectivity index (χ0) is 20.6. The molecule has 0 saturated heterocycles. The Morgan fingerprint density at radius 1 is 0.931 bits per heavy atom. The molecule has 1 aliphatic heterocycles. The highest BCUT2D eigenvalue weighted by atomic mass is 16.5. The molecule has 29 heavy (non-hydrogen) atoms. The molecule has 0 radical (unpaired) electrons. The van der Waals surface area contributed by atoms with Gasteiger partial charge in [0.15, 0.2) is 0 Å². The van der Waals surface area contributed by atoms with Crippen molar-refractivity contribution >= 4 is 5.97 Å². The summed E-state index contributed by atoms with van der Waals surface area (Å²) >= 11 is 0. The third-order valence-corrected chi connectivity index (χ3v) is 7.94. The van der Waals surface area contributed by atoms with E-state index in [-0.39, 0.29) is 22.3 Å². The van der Waals surface area contributed by atoms with Crippen molar-refractivity contribution in [2.75, 3.05) is 0 Å². The lowest BCUT2D eigenvalue weighted by molar-refractivity contribution is 0.0697. The second-order valence-corrected chi connectivity index (χ2v) is 10.5. The van der Waals surface area contributed by atoms with Crippen molar-refractivity contribution in [2.45, 2.75) is 82.1 Å². The zero-order valence-electron chi connectivity index (χ0n) is 17.8. The van der Waals surface area contributed by atoms with Gasteiger partial charge in [0.05, 0.1) is 11.0 Å². The Kier molecular flexibility index (Phi) is 3.79. The van der Waals surface area contributed by atoms with E-state index in [1.54, 1.807) is 12.1 Å². The summed E-state index contributed by atoms with van der Waals surface area (Å²) in [7, 11) is 0. The molecule has 2 aromatic rings. The van der Waals surface area contributed by atoms with Gasteiger partial charge in [0, 0.05) is 5.56 Å². The van der Waals surface area contributed by atoms with Crippen LogP contribution >= 0.6 is 0 Å². The summed E-state index contributed by atoms with van der Waals surface area (Å²) in [6.07, 6.45) is 5.76. The standard InChI is InChI=1S/C26H30O3/c1-24(2)12-13-25(3,4)19-15-21-20(14-18(19)24)26(11-5-6-22(26)29-21)17-9-7-16(8-10-17)23(27)28/h7-10,14-15,22H,5-6,11-13H2,1-4H3,(H,27,28).